The zero-order chi connectivity index (χ0) is 15.4. The molecule has 0 radical (unpaired) electrons. The molecular weight excluding hydrogens is 270 g/mol. The summed E-state index contributed by atoms with van der Waals surface area (Å²) in [5, 5.41) is 10.8. The third-order valence-electron chi connectivity index (χ3n) is 3.09. The molecule has 0 aromatic heterocycles. The van der Waals surface area contributed by atoms with E-state index in [0.29, 0.717) is 12.7 Å². The van der Waals surface area contributed by atoms with E-state index < -0.39 is 4.92 Å². The molecule has 106 valence electrons. The molecule has 0 aliphatic carbocycles. The number of nitrogens with zero attached hydrogens (tertiary/aromatic N) is 1. The molecule has 0 heterocycles. The minimum Gasteiger partial charge on any atom is -0.300 e. The zero-order valence-electron chi connectivity index (χ0n) is 11.4. The van der Waals surface area contributed by atoms with E-state index in [-0.39, 0.29) is 17.0 Å². The summed E-state index contributed by atoms with van der Waals surface area (Å²) in [4.78, 5) is 32.2. The highest BCUT2D eigenvalue weighted by Gasteiger charge is 2.13. The summed E-state index contributed by atoms with van der Waals surface area (Å²) in [6.45, 7) is 1.53. The highest BCUT2D eigenvalue weighted by molar-refractivity contribution is 5.85. The van der Waals surface area contributed by atoms with Gasteiger partial charge >= 0.3 is 0 Å². The average Bonchev–Trinajstić information content (AvgIpc) is 2.46. The van der Waals surface area contributed by atoms with Crippen LogP contribution in [0.15, 0.2) is 42.5 Å². The van der Waals surface area contributed by atoms with Crippen LogP contribution < -0.4 is 0 Å². The molecule has 0 atom stereocenters. The average molecular weight is 283 g/mol. The van der Waals surface area contributed by atoms with Gasteiger partial charge in [-0.1, -0.05) is 24.3 Å². The number of ketones is 1. The van der Waals surface area contributed by atoms with Gasteiger partial charge in [-0.25, -0.2) is 0 Å². The van der Waals surface area contributed by atoms with Crippen molar-refractivity contribution in [3.05, 3.63) is 63.7 Å². The van der Waals surface area contributed by atoms with Gasteiger partial charge in [-0.15, -0.1) is 0 Å². The first-order valence-electron chi connectivity index (χ1n) is 6.33. The van der Waals surface area contributed by atoms with Gasteiger partial charge in [0.25, 0.3) is 5.69 Å². The van der Waals surface area contributed by atoms with E-state index in [1.54, 1.807) is 6.07 Å². The van der Waals surface area contributed by atoms with Gasteiger partial charge in [0.15, 0.2) is 6.29 Å². The standard InChI is InChI=1S/C16H13NO4/c1-11(19)8-12-2-4-13(5-3-12)14-6-7-16(17(20)21)15(9-14)10-18/h2-7,9-10H,8H2,1H3. The Morgan fingerprint density at radius 3 is 2.29 bits per heavy atom. The molecule has 0 fully saturated rings. The monoisotopic (exact) mass is 283 g/mol. The summed E-state index contributed by atoms with van der Waals surface area (Å²) in [7, 11) is 0. The topological polar surface area (TPSA) is 77.3 Å². The Morgan fingerprint density at radius 2 is 1.76 bits per heavy atom. The Kier molecular flexibility index (Phi) is 4.23. The van der Waals surface area contributed by atoms with Crippen molar-refractivity contribution in [2.45, 2.75) is 13.3 Å². The molecule has 0 N–H and O–H groups in total. The van der Waals surface area contributed by atoms with E-state index in [0.717, 1.165) is 16.7 Å². The second-order valence-electron chi connectivity index (χ2n) is 4.72. The third kappa shape index (κ3) is 3.39. The molecule has 2 rings (SSSR count). The molecule has 0 amide bonds. The normalized spacial score (nSPS) is 10.1. The van der Waals surface area contributed by atoms with Crippen LogP contribution >= 0.6 is 0 Å². The Morgan fingerprint density at radius 1 is 1.14 bits per heavy atom. The fourth-order valence-corrected chi connectivity index (χ4v) is 2.10. The highest BCUT2D eigenvalue weighted by atomic mass is 16.6. The van der Waals surface area contributed by atoms with Crippen LogP contribution in [-0.2, 0) is 11.2 Å². The minimum atomic E-state index is -0.580. The summed E-state index contributed by atoms with van der Waals surface area (Å²) in [5.74, 6) is 0.0846. The molecule has 0 saturated carbocycles. The summed E-state index contributed by atoms with van der Waals surface area (Å²) in [6.07, 6.45) is 0.853. The second-order valence-corrected chi connectivity index (χ2v) is 4.72. The molecule has 21 heavy (non-hydrogen) atoms. The molecule has 5 nitrogen and oxygen atoms in total. The Balaban J connectivity index is 2.36. The van der Waals surface area contributed by atoms with Crippen molar-refractivity contribution in [3.63, 3.8) is 0 Å². The first-order chi connectivity index (χ1) is 10.0. The number of carbonyl (C=O) groups is 2. The third-order valence-corrected chi connectivity index (χ3v) is 3.09. The molecule has 2 aromatic rings. The van der Waals surface area contributed by atoms with Gasteiger partial charge < -0.3 is 0 Å². The van der Waals surface area contributed by atoms with Crippen LogP contribution in [0.2, 0.25) is 0 Å². The molecule has 2 aromatic carbocycles. The van der Waals surface area contributed by atoms with Gasteiger partial charge in [0.2, 0.25) is 0 Å². The number of rotatable bonds is 5. The van der Waals surface area contributed by atoms with Crippen molar-refractivity contribution < 1.29 is 14.5 Å². The predicted octanol–water partition coefficient (Wildman–Crippen LogP) is 3.21. The van der Waals surface area contributed by atoms with Crippen molar-refractivity contribution in [3.8, 4) is 11.1 Å². The molecule has 0 aliphatic rings. The fourth-order valence-electron chi connectivity index (χ4n) is 2.10. The zero-order valence-corrected chi connectivity index (χ0v) is 11.4. The van der Waals surface area contributed by atoms with E-state index in [1.165, 1.54) is 19.1 Å². The maximum atomic E-state index is 11.1. The van der Waals surface area contributed by atoms with Crippen LogP contribution in [0.25, 0.3) is 11.1 Å². The van der Waals surface area contributed by atoms with Gasteiger partial charge in [0.1, 0.15) is 5.78 Å². The Bertz CT molecular complexity index is 705. The molecule has 0 bridgehead atoms. The van der Waals surface area contributed by atoms with Crippen molar-refractivity contribution in [1.29, 1.82) is 0 Å². The Labute approximate surface area is 121 Å². The van der Waals surface area contributed by atoms with Gasteiger partial charge in [-0.05, 0) is 35.7 Å². The SMILES string of the molecule is CC(=O)Cc1ccc(-c2ccc([N+](=O)[O-])c(C=O)c2)cc1. The lowest BCUT2D eigenvalue weighted by Gasteiger charge is -2.05. The van der Waals surface area contributed by atoms with Crippen LogP contribution in [-0.4, -0.2) is 17.0 Å². The molecule has 0 saturated heterocycles. The highest BCUT2D eigenvalue weighted by Crippen LogP contribution is 2.26. The van der Waals surface area contributed by atoms with Gasteiger partial charge in [-0.2, -0.15) is 0 Å². The van der Waals surface area contributed by atoms with Crippen LogP contribution in [0.5, 0.6) is 0 Å². The van der Waals surface area contributed by atoms with Gasteiger partial charge in [0, 0.05) is 12.5 Å². The second kappa shape index (κ2) is 6.09. The van der Waals surface area contributed by atoms with E-state index in [2.05, 4.69) is 0 Å². The lowest BCUT2D eigenvalue weighted by Crippen LogP contribution is -1.96. The Hall–Kier alpha value is -2.82. The number of hydrogen-bond donors (Lipinski definition) is 0. The van der Waals surface area contributed by atoms with Crippen LogP contribution in [0.4, 0.5) is 5.69 Å². The summed E-state index contributed by atoms with van der Waals surface area (Å²) in [5.41, 5.74) is 2.30. The maximum Gasteiger partial charge on any atom is 0.279 e. The fraction of sp³-hybridized carbons (Fsp3) is 0.125. The molecule has 5 heteroatoms. The minimum absolute atomic E-state index is 0.0466. The van der Waals surface area contributed by atoms with E-state index in [9.17, 15) is 19.7 Å². The number of hydrogen-bond acceptors (Lipinski definition) is 4. The van der Waals surface area contributed by atoms with Crippen molar-refractivity contribution in [2.75, 3.05) is 0 Å². The van der Waals surface area contributed by atoms with Crippen molar-refractivity contribution in [2.24, 2.45) is 0 Å². The largest absolute Gasteiger partial charge is 0.300 e. The number of aldehydes is 1. The smallest absolute Gasteiger partial charge is 0.279 e. The summed E-state index contributed by atoms with van der Waals surface area (Å²) in [6, 6.07) is 11.7. The number of benzene rings is 2. The van der Waals surface area contributed by atoms with Crippen molar-refractivity contribution in [1.82, 2.24) is 0 Å². The van der Waals surface area contributed by atoms with E-state index in [4.69, 9.17) is 0 Å². The molecule has 0 aliphatic heterocycles. The lowest BCUT2D eigenvalue weighted by molar-refractivity contribution is -0.385. The van der Waals surface area contributed by atoms with Crippen molar-refractivity contribution >= 4 is 17.8 Å². The molecular formula is C16H13NO4. The van der Waals surface area contributed by atoms with Crippen LogP contribution in [0.1, 0.15) is 22.8 Å². The number of nitro groups is 1. The predicted molar refractivity (Wildman–Crippen MR) is 78.3 cm³/mol. The van der Waals surface area contributed by atoms with Gasteiger partial charge in [0.05, 0.1) is 10.5 Å². The number of Topliss-reactive ketones (excluding diaryl/α,β-unsaturated/α-hetero) is 1. The quantitative estimate of drug-likeness (QED) is 0.479. The number of nitro benzene ring substituents is 1. The van der Waals surface area contributed by atoms with Gasteiger partial charge in [-0.3, -0.25) is 19.7 Å². The first kappa shape index (κ1) is 14.6. The first-order valence-corrected chi connectivity index (χ1v) is 6.33. The molecule has 0 spiro atoms. The lowest BCUT2D eigenvalue weighted by atomic mass is 10.00. The number of carbonyl (C=O) groups excluding carboxylic acids is 2. The van der Waals surface area contributed by atoms with E-state index >= 15 is 0 Å². The summed E-state index contributed by atoms with van der Waals surface area (Å²) >= 11 is 0. The maximum absolute atomic E-state index is 11.1. The van der Waals surface area contributed by atoms with E-state index in [1.807, 2.05) is 24.3 Å². The van der Waals surface area contributed by atoms with Crippen LogP contribution in [0.3, 0.4) is 0 Å². The molecule has 0 unspecified atom stereocenters. The summed E-state index contributed by atoms with van der Waals surface area (Å²) < 4.78 is 0. The van der Waals surface area contributed by atoms with Crippen LogP contribution in [0, 0.1) is 10.1 Å².